The molecule has 1 aliphatic heterocycles. The van der Waals surface area contributed by atoms with E-state index in [9.17, 15) is 0 Å². The lowest BCUT2D eigenvalue weighted by atomic mass is 9.99. The second kappa shape index (κ2) is 4.71. The fraction of sp³-hybridized carbons (Fsp3) is 0.429. The average molecular weight is 218 g/mol. The summed E-state index contributed by atoms with van der Waals surface area (Å²) < 4.78 is 10.9. The molecule has 1 saturated heterocycles. The Bertz CT molecular complexity index is 378. The highest BCUT2D eigenvalue weighted by molar-refractivity contribution is 5.52. The summed E-state index contributed by atoms with van der Waals surface area (Å²) in [4.78, 5) is 0. The van der Waals surface area contributed by atoms with Crippen LogP contribution in [0.4, 0.5) is 0 Å². The molecule has 0 bridgehead atoms. The van der Waals surface area contributed by atoms with Crippen LogP contribution < -0.4 is 4.74 Å². The maximum absolute atomic E-state index is 5.76. The Morgan fingerprint density at radius 3 is 2.88 bits per heavy atom. The van der Waals surface area contributed by atoms with E-state index in [1.54, 1.807) is 0 Å². The molecule has 2 nitrogen and oxygen atoms in total. The minimum absolute atomic E-state index is 0.305. The van der Waals surface area contributed by atoms with Gasteiger partial charge in [-0.15, -0.1) is 0 Å². The molecule has 0 aliphatic carbocycles. The van der Waals surface area contributed by atoms with Gasteiger partial charge in [0.25, 0.3) is 0 Å². The van der Waals surface area contributed by atoms with E-state index in [0.29, 0.717) is 18.6 Å². The zero-order valence-electron chi connectivity index (χ0n) is 9.90. The molecule has 1 unspecified atom stereocenters. The Kier molecular flexibility index (Phi) is 3.30. The minimum Gasteiger partial charge on any atom is -0.490 e. The summed E-state index contributed by atoms with van der Waals surface area (Å²) >= 11 is 0. The first-order valence-corrected chi connectivity index (χ1v) is 5.71. The summed E-state index contributed by atoms with van der Waals surface area (Å²) in [5.74, 6) is 1.42. The van der Waals surface area contributed by atoms with Crippen LogP contribution in [0.2, 0.25) is 0 Å². The molecule has 0 spiro atoms. The predicted molar refractivity (Wildman–Crippen MR) is 65.9 cm³/mol. The van der Waals surface area contributed by atoms with Gasteiger partial charge in [-0.1, -0.05) is 32.6 Å². The van der Waals surface area contributed by atoms with Gasteiger partial charge < -0.3 is 9.47 Å². The predicted octanol–water partition coefficient (Wildman–Crippen LogP) is 3.23. The van der Waals surface area contributed by atoms with Gasteiger partial charge in [-0.05, 0) is 29.2 Å². The van der Waals surface area contributed by atoms with Crippen molar-refractivity contribution < 1.29 is 9.47 Å². The van der Waals surface area contributed by atoms with E-state index in [1.165, 1.54) is 5.56 Å². The standard InChI is InChI=1S/C14H18O2/c1-4-11-5-6-14(13(7-11)10(2)3)16-9-12-8-15-12/h4-7,10,12H,1,8-9H2,2-3H3. The number of hydrogen-bond acceptors (Lipinski definition) is 2. The van der Waals surface area contributed by atoms with Crippen LogP contribution >= 0.6 is 0 Å². The highest BCUT2D eigenvalue weighted by atomic mass is 16.6. The zero-order chi connectivity index (χ0) is 11.5. The quantitative estimate of drug-likeness (QED) is 0.708. The van der Waals surface area contributed by atoms with Crippen LogP contribution in [0.25, 0.3) is 6.08 Å². The third kappa shape index (κ3) is 2.64. The molecule has 1 aromatic carbocycles. The molecule has 86 valence electrons. The highest BCUT2D eigenvalue weighted by Gasteiger charge is 2.23. The molecule has 2 rings (SSSR count). The largest absolute Gasteiger partial charge is 0.490 e. The molecule has 1 fully saturated rings. The Balaban J connectivity index is 2.16. The van der Waals surface area contributed by atoms with Crippen molar-refractivity contribution in [3.63, 3.8) is 0 Å². The van der Waals surface area contributed by atoms with Crippen LogP contribution in [0.5, 0.6) is 5.75 Å². The van der Waals surface area contributed by atoms with E-state index in [-0.39, 0.29) is 0 Å². The van der Waals surface area contributed by atoms with Crippen LogP contribution in [0, 0.1) is 0 Å². The summed E-state index contributed by atoms with van der Waals surface area (Å²) in [5.41, 5.74) is 2.37. The normalized spacial score (nSPS) is 18.6. The molecular weight excluding hydrogens is 200 g/mol. The maximum Gasteiger partial charge on any atom is 0.122 e. The van der Waals surface area contributed by atoms with Crippen LogP contribution in [-0.4, -0.2) is 19.3 Å². The first-order valence-electron chi connectivity index (χ1n) is 5.71. The smallest absolute Gasteiger partial charge is 0.122 e. The Hall–Kier alpha value is -1.28. The molecule has 0 radical (unpaired) electrons. The number of ether oxygens (including phenoxy) is 2. The molecule has 16 heavy (non-hydrogen) atoms. The molecule has 1 aliphatic rings. The SMILES string of the molecule is C=Cc1ccc(OCC2CO2)c(C(C)C)c1. The molecule has 2 heteroatoms. The molecule has 1 heterocycles. The van der Waals surface area contributed by atoms with Crippen molar-refractivity contribution in [3.8, 4) is 5.75 Å². The molecule has 0 amide bonds. The van der Waals surface area contributed by atoms with Gasteiger partial charge in [0.05, 0.1) is 6.61 Å². The van der Waals surface area contributed by atoms with Crippen molar-refractivity contribution in [2.45, 2.75) is 25.9 Å². The Morgan fingerprint density at radius 1 is 1.56 bits per heavy atom. The van der Waals surface area contributed by atoms with Gasteiger partial charge >= 0.3 is 0 Å². The van der Waals surface area contributed by atoms with Gasteiger partial charge in [0.15, 0.2) is 0 Å². The second-order valence-electron chi connectivity index (χ2n) is 4.42. The van der Waals surface area contributed by atoms with Crippen molar-refractivity contribution in [2.75, 3.05) is 13.2 Å². The van der Waals surface area contributed by atoms with Crippen LogP contribution in [0.1, 0.15) is 30.9 Å². The van der Waals surface area contributed by atoms with Gasteiger partial charge in [0.1, 0.15) is 18.5 Å². The number of hydrogen-bond donors (Lipinski definition) is 0. The zero-order valence-corrected chi connectivity index (χ0v) is 9.90. The molecule has 0 N–H and O–H groups in total. The van der Waals surface area contributed by atoms with Crippen LogP contribution in [0.15, 0.2) is 24.8 Å². The lowest BCUT2D eigenvalue weighted by Gasteiger charge is -2.14. The lowest BCUT2D eigenvalue weighted by molar-refractivity contribution is 0.260. The third-order valence-corrected chi connectivity index (χ3v) is 2.72. The monoisotopic (exact) mass is 218 g/mol. The van der Waals surface area contributed by atoms with Crippen LogP contribution in [-0.2, 0) is 4.74 Å². The highest BCUT2D eigenvalue weighted by Crippen LogP contribution is 2.28. The van der Waals surface area contributed by atoms with E-state index in [4.69, 9.17) is 9.47 Å². The average Bonchev–Trinajstić information content (AvgIpc) is 3.09. The maximum atomic E-state index is 5.76. The van der Waals surface area contributed by atoms with E-state index in [0.717, 1.165) is 17.9 Å². The second-order valence-corrected chi connectivity index (χ2v) is 4.42. The number of epoxide rings is 1. The minimum atomic E-state index is 0.305. The molecule has 1 atom stereocenters. The molecule has 1 aromatic rings. The van der Waals surface area contributed by atoms with Crippen molar-refractivity contribution in [2.24, 2.45) is 0 Å². The number of benzene rings is 1. The van der Waals surface area contributed by atoms with E-state index < -0.39 is 0 Å². The van der Waals surface area contributed by atoms with Crippen molar-refractivity contribution >= 4 is 6.08 Å². The Morgan fingerprint density at radius 2 is 2.31 bits per heavy atom. The summed E-state index contributed by atoms with van der Waals surface area (Å²) in [5, 5.41) is 0. The first kappa shape index (κ1) is 11.2. The van der Waals surface area contributed by atoms with Gasteiger partial charge in [0, 0.05) is 0 Å². The van der Waals surface area contributed by atoms with Gasteiger partial charge in [-0.25, -0.2) is 0 Å². The topological polar surface area (TPSA) is 21.8 Å². The fourth-order valence-corrected chi connectivity index (χ4v) is 1.62. The molecule has 0 saturated carbocycles. The number of rotatable bonds is 5. The van der Waals surface area contributed by atoms with Crippen molar-refractivity contribution in [1.82, 2.24) is 0 Å². The molecule has 0 aromatic heterocycles. The summed E-state index contributed by atoms with van der Waals surface area (Å²) in [6.45, 7) is 9.62. The van der Waals surface area contributed by atoms with E-state index in [2.05, 4.69) is 26.5 Å². The van der Waals surface area contributed by atoms with Gasteiger partial charge in [0.2, 0.25) is 0 Å². The summed E-state index contributed by atoms with van der Waals surface area (Å²) in [6.07, 6.45) is 2.17. The van der Waals surface area contributed by atoms with Crippen LogP contribution in [0.3, 0.4) is 0 Å². The van der Waals surface area contributed by atoms with Gasteiger partial charge in [-0.3, -0.25) is 0 Å². The van der Waals surface area contributed by atoms with E-state index in [1.807, 2.05) is 18.2 Å². The van der Waals surface area contributed by atoms with Crippen molar-refractivity contribution in [1.29, 1.82) is 0 Å². The Labute approximate surface area is 96.9 Å². The summed E-state index contributed by atoms with van der Waals surface area (Å²) in [7, 11) is 0. The lowest BCUT2D eigenvalue weighted by Crippen LogP contribution is -2.06. The summed E-state index contributed by atoms with van der Waals surface area (Å²) in [6, 6.07) is 6.19. The fourth-order valence-electron chi connectivity index (χ4n) is 1.62. The van der Waals surface area contributed by atoms with Crippen molar-refractivity contribution in [3.05, 3.63) is 35.9 Å². The van der Waals surface area contributed by atoms with E-state index >= 15 is 0 Å². The molecular formula is C14H18O2. The first-order chi connectivity index (χ1) is 7.70. The third-order valence-electron chi connectivity index (χ3n) is 2.72. The van der Waals surface area contributed by atoms with Gasteiger partial charge in [-0.2, -0.15) is 0 Å².